The van der Waals surface area contributed by atoms with Gasteiger partial charge in [0, 0.05) is 6.04 Å². The second-order valence-electron chi connectivity index (χ2n) is 4.96. The number of nitriles is 1. The molecule has 0 radical (unpaired) electrons. The quantitative estimate of drug-likeness (QED) is 0.844. The van der Waals surface area contributed by atoms with Crippen molar-refractivity contribution in [3.63, 3.8) is 0 Å². The van der Waals surface area contributed by atoms with E-state index >= 15 is 0 Å². The van der Waals surface area contributed by atoms with Crippen molar-refractivity contribution < 1.29 is 4.74 Å². The number of nitrogens with one attached hydrogen (secondary N) is 1. The first-order chi connectivity index (χ1) is 8.11. The molecule has 1 aliphatic carbocycles. The minimum Gasteiger partial charge on any atom is -0.491 e. The van der Waals surface area contributed by atoms with Crippen LogP contribution >= 0.6 is 0 Å². The molecule has 17 heavy (non-hydrogen) atoms. The van der Waals surface area contributed by atoms with Gasteiger partial charge in [0.25, 0.3) is 0 Å². The van der Waals surface area contributed by atoms with Crippen LogP contribution in [-0.2, 0) is 0 Å². The van der Waals surface area contributed by atoms with E-state index in [-0.39, 0.29) is 0 Å². The van der Waals surface area contributed by atoms with Gasteiger partial charge in [-0.3, -0.25) is 5.32 Å². The maximum atomic E-state index is 9.19. The lowest BCUT2D eigenvalue weighted by Gasteiger charge is -2.23. The SMILES string of the molecule is Cc1ccc(OCC(C)(C#N)NC2CC2)cc1. The lowest BCUT2D eigenvalue weighted by Crippen LogP contribution is -2.47. The first-order valence-corrected chi connectivity index (χ1v) is 6.00. The maximum Gasteiger partial charge on any atom is 0.138 e. The Balaban J connectivity index is 1.91. The van der Waals surface area contributed by atoms with Crippen molar-refractivity contribution in [3.8, 4) is 11.8 Å². The smallest absolute Gasteiger partial charge is 0.138 e. The highest BCUT2D eigenvalue weighted by Crippen LogP contribution is 2.23. The van der Waals surface area contributed by atoms with E-state index in [0.717, 1.165) is 5.75 Å². The maximum absolute atomic E-state index is 9.19. The fourth-order valence-electron chi connectivity index (χ4n) is 1.65. The molecule has 0 heterocycles. The van der Waals surface area contributed by atoms with E-state index in [1.54, 1.807) is 0 Å². The summed E-state index contributed by atoms with van der Waals surface area (Å²) in [4.78, 5) is 0. The number of hydrogen-bond donors (Lipinski definition) is 1. The third-order valence-electron chi connectivity index (χ3n) is 2.90. The van der Waals surface area contributed by atoms with Crippen LogP contribution in [0.4, 0.5) is 0 Å². The molecule has 3 heteroatoms. The van der Waals surface area contributed by atoms with Crippen molar-refractivity contribution in [1.29, 1.82) is 5.26 Å². The molecule has 1 saturated carbocycles. The summed E-state index contributed by atoms with van der Waals surface area (Å²) in [6.45, 7) is 4.31. The van der Waals surface area contributed by atoms with Gasteiger partial charge in [0.1, 0.15) is 17.9 Å². The summed E-state index contributed by atoms with van der Waals surface area (Å²) in [7, 11) is 0. The van der Waals surface area contributed by atoms with Crippen molar-refractivity contribution >= 4 is 0 Å². The van der Waals surface area contributed by atoms with Gasteiger partial charge in [-0.2, -0.15) is 5.26 Å². The molecule has 0 aromatic heterocycles. The van der Waals surface area contributed by atoms with Gasteiger partial charge in [0.15, 0.2) is 0 Å². The van der Waals surface area contributed by atoms with Crippen molar-refractivity contribution in [2.75, 3.05) is 6.61 Å². The van der Waals surface area contributed by atoms with Gasteiger partial charge in [-0.05, 0) is 38.8 Å². The molecule has 0 spiro atoms. The Morgan fingerprint density at radius 3 is 2.59 bits per heavy atom. The van der Waals surface area contributed by atoms with Gasteiger partial charge in [-0.15, -0.1) is 0 Å². The number of benzene rings is 1. The largest absolute Gasteiger partial charge is 0.491 e. The molecule has 1 aromatic rings. The number of ether oxygens (including phenoxy) is 1. The number of hydrogen-bond acceptors (Lipinski definition) is 3. The van der Waals surface area contributed by atoms with Crippen LogP contribution in [0.1, 0.15) is 25.3 Å². The Kier molecular flexibility index (Phi) is 3.35. The third kappa shape index (κ3) is 3.47. The molecule has 0 saturated heterocycles. The molecule has 3 nitrogen and oxygen atoms in total. The summed E-state index contributed by atoms with van der Waals surface area (Å²) in [5.74, 6) is 0.815. The Morgan fingerprint density at radius 2 is 2.06 bits per heavy atom. The lowest BCUT2D eigenvalue weighted by molar-refractivity contribution is 0.232. The number of rotatable bonds is 5. The van der Waals surface area contributed by atoms with Crippen LogP contribution in [0.3, 0.4) is 0 Å². The average Bonchev–Trinajstić information content (AvgIpc) is 3.12. The molecule has 2 rings (SSSR count). The number of nitrogens with zero attached hydrogens (tertiary/aromatic N) is 1. The summed E-state index contributed by atoms with van der Waals surface area (Å²) >= 11 is 0. The van der Waals surface area contributed by atoms with E-state index in [2.05, 4.69) is 11.4 Å². The van der Waals surface area contributed by atoms with Crippen LogP contribution in [0.15, 0.2) is 24.3 Å². The van der Waals surface area contributed by atoms with Gasteiger partial charge in [-0.25, -0.2) is 0 Å². The van der Waals surface area contributed by atoms with Crippen molar-refractivity contribution in [2.24, 2.45) is 0 Å². The summed E-state index contributed by atoms with van der Waals surface area (Å²) in [6.07, 6.45) is 2.34. The van der Waals surface area contributed by atoms with Gasteiger partial charge < -0.3 is 4.74 Å². The zero-order valence-electron chi connectivity index (χ0n) is 10.4. The first-order valence-electron chi connectivity index (χ1n) is 6.00. The van der Waals surface area contributed by atoms with Crippen LogP contribution in [0.2, 0.25) is 0 Å². The second-order valence-corrected chi connectivity index (χ2v) is 4.96. The minimum atomic E-state index is -0.591. The van der Waals surface area contributed by atoms with Crippen LogP contribution < -0.4 is 10.1 Å². The van der Waals surface area contributed by atoms with E-state index in [1.165, 1.54) is 18.4 Å². The summed E-state index contributed by atoms with van der Waals surface area (Å²) in [6, 6.07) is 10.7. The molecular formula is C14H18N2O. The van der Waals surface area contributed by atoms with Gasteiger partial charge in [0.05, 0.1) is 6.07 Å². The molecule has 1 N–H and O–H groups in total. The highest BCUT2D eigenvalue weighted by Gasteiger charge is 2.33. The molecule has 0 bridgehead atoms. The topological polar surface area (TPSA) is 45.0 Å². The average molecular weight is 230 g/mol. The monoisotopic (exact) mass is 230 g/mol. The molecule has 0 amide bonds. The van der Waals surface area contributed by atoms with Crippen molar-refractivity contribution in [3.05, 3.63) is 29.8 Å². The first kappa shape index (κ1) is 11.9. The standard InChI is InChI=1S/C14H18N2O/c1-11-3-7-13(8-4-11)17-10-14(2,9-15)16-12-5-6-12/h3-4,7-8,12,16H,5-6,10H2,1-2H3. The highest BCUT2D eigenvalue weighted by molar-refractivity contribution is 5.26. The van der Waals surface area contributed by atoms with Crippen molar-refractivity contribution in [2.45, 2.75) is 38.3 Å². The van der Waals surface area contributed by atoms with Crippen LogP contribution in [0.25, 0.3) is 0 Å². The number of aryl methyl sites for hydroxylation is 1. The molecule has 1 atom stereocenters. The Hall–Kier alpha value is -1.53. The fraction of sp³-hybridized carbons (Fsp3) is 0.500. The van der Waals surface area contributed by atoms with Crippen LogP contribution in [-0.4, -0.2) is 18.2 Å². The second kappa shape index (κ2) is 4.77. The van der Waals surface area contributed by atoms with E-state index in [0.29, 0.717) is 12.6 Å². The van der Waals surface area contributed by atoms with Gasteiger partial charge in [0.2, 0.25) is 0 Å². The van der Waals surface area contributed by atoms with E-state index < -0.39 is 5.54 Å². The van der Waals surface area contributed by atoms with Gasteiger partial charge >= 0.3 is 0 Å². The van der Waals surface area contributed by atoms with Crippen LogP contribution in [0, 0.1) is 18.3 Å². The minimum absolute atomic E-state index is 0.378. The molecular weight excluding hydrogens is 212 g/mol. The van der Waals surface area contributed by atoms with Gasteiger partial charge in [-0.1, -0.05) is 17.7 Å². The Morgan fingerprint density at radius 1 is 1.41 bits per heavy atom. The summed E-state index contributed by atoms with van der Waals surface area (Å²) in [5, 5.41) is 12.5. The Labute approximate surface area is 102 Å². The molecule has 90 valence electrons. The molecule has 1 aliphatic rings. The van der Waals surface area contributed by atoms with E-state index in [1.807, 2.05) is 38.1 Å². The zero-order chi connectivity index (χ0) is 12.3. The fourth-order valence-corrected chi connectivity index (χ4v) is 1.65. The molecule has 1 aromatic carbocycles. The normalized spacial score (nSPS) is 18.2. The van der Waals surface area contributed by atoms with Crippen molar-refractivity contribution in [1.82, 2.24) is 5.32 Å². The molecule has 1 fully saturated rings. The highest BCUT2D eigenvalue weighted by atomic mass is 16.5. The molecule has 1 unspecified atom stereocenters. The Bertz CT molecular complexity index is 417. The van der Waals surface area contributed by atoms with E-state index in [9.17, 15) is 5.26 Å². The predicted molar refractivity (Wildman–Crippen MR) is 66.8 cm³/mol. The summed E-state index contributed by atoms with van der Waals surface area (Å²) in [5.41, 5.74) is 0.614. The molecule has 0 aliphatic heterocycles. The van der Waals surface area contributed by atoms with Crippen LogP contribution in [0.5, 0.6) is 5.75 Å². The summed E-state index contributed by atoms with van der Waals surface area (Å²) < 4.78 is 5.66. The van der Waals surface area contributed by atoms with E-state index in [4.69, 9.17) is 4.74 Å². The third-order valence-corrected chi connectivity index (χ3v) is 2.90. The lowest BCUT2D eigenvalue weighted by atomic mass is 10.1. The predicted octanol–water partition coefficient (Wildman–Crippen LogP) is 2.41. The zero-order valence-corrected chi connectivity index (χ0v) is 10.4.